The summed E-state index contributed by atoms with van der Waals surface area (Å²) >= 11 is 1.39. The third-order valence-electron chi connectivity index (χ3n) is 8.60. The monoisotopic (exact) mass is 659 g/mol. The van der Waals surface area contributed by atoms with Gasteiger partial charge in [-0.1, -0.05) is 18.7 Å². The van der Waals surface area contributed by atoms with Crippen LogP contribution in [0, 0.1) is 11.6 Å². The van der Waals surface area contributed by atoms with Gasteiger partial charge in [0.15, 0.2) is 5.83 Å². The maximum absolute atomic E-state index is 16.0. The Morgan fingerprint density at radius 1 is 1.06 bits per heavy atom. The summed E-state index contributed by atoms with van der Waals surface area (Å²) in [4.78, 5) is 21.2. The van der Waals surface area contributed by atoms with Crippen molar-refractivity contribution < 1.29 is 27.8 Å². The molecule has 0 fully saturated rings. The zero-order valence-electron chi connectivity index (χ0n) is 25.9. The van der Waals surface area contributed by atoms with E-state index >= 15 is 4.39 Å². The highest BCUT2D eigenvalue weighted by atomic mass is 32.1. The maximum atomic E-state index is 16.0. The minimum Gasteiger partial charge on any atom is -0.490 e. The number of aliphatic hydroxyl groups excluding tert-OH is 1. The average molecular weight is 660 g/mol. The number of nitrogens with zero attached hydrogens (tertiary/aromatic N) is 5. The number of pyridine rings is 1. The van der Waals surface area contributed by atoms with Gasteiger partial charge in [-0.3, -0.25) is 9.48 Å². The number of hydrogen-bond donors (Lipinski definition) is 1. The normalized spacial score (nSPS) is 15.4. The highest BCUT2D eigenvalue weighted by Gasteiger charge is 2.29. The van der Waals surface area contributed by atoms with Crippen LogP contribution in [-0.2, 0) is 30.8 Å². The standard InChI is InChI=1S/C35H32F3N5O3S/c1-19(44)18-46-29-14-24(37)13-27(38)30(29)31-33(28-15-25-17-42(35(45)20(2)36)9-10-43(25)40-28)39-32(26-7-11-47-34(26)31)22-4-5-23-16-41(3)8-6-21(23)12-22/h4-5,7,11-15,19,44H,2,6,8-10,16-18H2,1,3H3. The number of aromatic nitrogens is 3. The van der Waals surface area contributed by atoms with Crippen molar-refractivity contribution in [3.8, 4) is 39.5 Å². The predicted molar refractivity (Wildman–Crippen MR) is 175 cm³/mol. The number of hydrogen-bond acceptors (Lipinski definition) is 7. The van der Waals surface area contributed by atoms with E-state index in [1.807, 2.05) is 17.5 Å². The summed E-state index contributed by atoms with van der Waals surface area (Å²) in [5.74, 6) is -3.57. The van der Waals surface area contributed by atoms with Crippen molar-refractivity contribution in [3.05, 3.63) is 88.7 Å². The number of rotatable bonds is 7. The Morgan fingerprint density at radius 3 is 2.68 bits per heavy atom. The van der Waals surface area contributed by atoms with Crippen LogP contribution in [0.5, 0.6) is 5.75 Å². The molecule has 1 N–H and O–H groups in total. The predicted octanol–water partition coefficient (Wildman–Crippen LogP) is 6.34. The van der Waals surface area contributed by atoms with E-state index in [9.17, 15) is 18.7 Å². The molecule has 0 radical (unpaired) electrons. The van der Waals surface area contributed by atoms with Gasteiger partial charge in [-0.2, -0.15) is 5.10 Å². The van der Waals surface area contributed by atoms with Gasteiger partial charge < -0.3 is 19.6 Å². The smallest absolute Gasteiger partial charge is 0.282 e. The number of carbonyl (C=O) groups is 1. The maximum Gasteiger partial charge on any atom is 0.282 e. The van der Waals surface area contributed by atoms with Gasteiger partial charge in [-0.15, -0.1) is 11.3 Å². The Bertz CT molecular complexity index is 2060. The van der Waals surface area contributed by atoms with E-state index in [-0.39, 0.29) is 31.0 Å². The fourth-order valence-corrected chi connectivity index (χ4v) is 7.30. The molecular formula is C35H32F3N5O3S. The largest absolute Gasteiger partial charge is 0.490 e. The van der Waals surface area contributed by atoms with Gasteiger partial charge in [0.05, 0.1) is 36.1 Å². The van der Waals surface area contributed by atoms with Crippen molar-refractivity contribution in [2.24, 2.45) is 0 Å². The lowest BCUT2D eigenvalue weighted by atomic mass is 9.93. The molecule has 47 heavy (non-hydrogen) atoms. The molecule has 5 heterocycles. The molecule has 1 unspecified atom stereocenters. The van der Waals surface area contributed by atoms with Crippen molar-refractivity contribution >= 4 is 27.3 Å². The summed E-state index contributed by atoms with van der Waals surface area (Å²) in [6, 6.07) is 11.9. The van der Waals surface area contributed by atoms with Gasteiger partial charge in [-0.05, 0) is 55.1 Å². The van der Waals surface area contributed by atoms with Crippen LogP contribution in [0.4, 0.5) is 13.2 Å². The first-order valence-corrected chi connectivity index (χ1v) is 16.2. The third kappa shape index (κ3) is 5.81. The molecule has 1 amide bonds. The van der Waals surface area contributed by atoms with Crippen LogP contribution in [0.1, 0.15) is 23.7 Å². The van der Waals surface area contributed by atoms with Gasteiger partial charge in [0.1, 0.15) is 35.4 Å². The molecule has 2 aromatic carbocycles. The molecule has 2 aliphatic rings. The number of ether oxygens (including phenoxy) is 1. The highest BCUT2D eigenvalue weighted by molar-refractivity contribution is 7.18. The number of thiophene rings is 1. The second-order valence-electron chi connectivity index (χ2n) is 12.1. The van der Waals surface area contributed by atoms with Crippen molar-refractivity contribution in [3.63, 3.8) is 0 Å². The number of fused-ring (bicyclic) bond motifs is 3. The number of aliphatic hydroxyl groups is 1. The van der Waals surface area contributed by atoms with E-state index in [0.717, 1.165) is 42.6 Å². The summed E-state index contributed by atoms with van der Waals surface area (Å²) in [5.41, 5.74) is 5.85. The summed E-state index contributed by atoms with van der Waals surface area (Å²) in [5, 5.41) is 17.5. The number of benzene rings is 2. The molecule has 0 bridgehead atoms. The van der Waals surface area contributed by atoms with Gasteiger partial charge in [0.2, 0.25) is 0 Å². The molecule has 7 rings (SSSR count). The zero-order chi connectivity index (χ0) is 33.0. The van der Waals surface area contributed by atoms with Crippen molar-refractivity contribution in [1.82, 2.24) is 24.6 Å². The van der Waals surface area contributed by atoms with Crippen molar-refractivity contribution in [1.29, 1.82) is 0 Å². The van der Waals surface area contributed by atoms with Crippen molar-refractivity contribution in [2.45, 2.75) is 39.1 Å². The summed E-state index contributed by atoms with van der Waals surface area (Å²) in [6.45, 7) is 6.93. The van der Waals surface area contributed by atoms with Crippen LogP contribution < -0.4 is 4.74 Å². The Kier molecular flexibility index (Phi) is 8.11. The van der Waals surface area contributed by atoms with E-state index in [2.05, 4.69) is 30.7 Å². The van der Waals surface area contributed by atoms with Crippen LogP contribution >= 0.6 is 11.3 Å². The molecular weight excluding hydrogens is 627 g/mol. The first-order chi connectivity index (χ1) is 22.6. The fraction of sp³-hybridized carbons (Fsp3) is 0.286. The van der Waals surface area contributed by atoms with E-state index in [1.54, 1.807) is 10.7 Å². The molecule has 3 aromatic heterocycles. The van der Waals surface area contributed by atoms with E-state index in [4.69, 9.17) is 14.8 Å². The Hall–Kier alpha value is -4.52. The van der Waals surface area contributed by atoms with E-state index in [1.165, 1.54) is 34.3 Å². The number of halogens is 3. The summed E-state index contributed by atoms with van der Waals surface area (Å²) in [6.07, 6.45) is 0.0156. The third-order valence-corrected chi connectivity index (χ3v) is 9.53. The van der Waals surface area contributed by atoms with Crippen LogP contribution in [0.15, 0.2) is 60.3 Å². The molecule has 0 aliphatic carbocycles. The lowest BCUT2D eigenvalue weighted by Crippen LogP contribution is -2.38. The minimum atomic E-state index is -1.04. The van der Waals surface area contributed by atoms with Crippen LogP contribution in [0.25, 0.3) is 43.9 Å². The first-order valence-electron chi connectivity index (χ1n) is 15.3. The molecule has 242 valence electrons. The Balaban J connectivity index is 1.46. The van der Waals surface area contributed by atoms with E-state index < -0.39 is 29.5 Å². The van der Waals surface area contributed by atoms with Gasteiger partial charge in [0, 0.05) is 53.0 Å². The molecule has 8 nitrogen and oxygen atoms in total. The van der Waals surface area contributed by atoms with Crippen LogP contribution in [0.3, 0.4) is 0 Å². The first kappa shape index (κ1) is 31.1. The van der Waals surface area contributed by atoms with Gasteiger partial charge in [-0.25, -0.2) is 18.2 Å². The lowest BCUT2D eigenvalue weighted by Gasteiger charge is -2.26. The van der Waals surface area contributed by atoms with Gasteiger partial charge in [0.25, 0.3) is 5.91 Å². The van der Waals surface area contributed by atoms with Crippen LogP contribution in [-0.4, -0.2) is 68.4 Å². The second-order valence-corrected chi connectivity index (χ2v) is 13.0. The summed E-state index contributed by atoms with van der Waals surface area (Å²) in [7, 11) is 2.10. The van der Waals surface area contributed by atoms with Crippen molar-refractivity contribution in [2.75, 3.05) is 26.7 Å². The second kappa shape index (κ2) is 12.3. The SMILES string of the molecule is C=C(F)C(=O)N1CCn2nc(-c3nc(-c4ccc5c(c4)CCN(C)C5)c4ccsc4c3-c3c(F)cc(F)cc3OCC(C)O)cc2C1. The Labute approximate surface area is 273 Å². The molecule has 0 spiro atoms. The number of likely N-dealkylation sites (N-methyl/N-ethyl adjacent to an activating group) is 1. The molecule has 12 heteroatoms. The average Bonchev–Trinajstić information content (AvgIpc) is 3.70. The molecule has 2 aliphatic heterocycles. The molecule has 0 saturated carbocycles. The molecule has 0 saturated heterocycles. The molecule has 5 aromatic rings. The Morgan fingerprint density at radius 2 is 1.89 bits per heavy atom. The quantitative estimate of drug-likeness (QED) is 0.205. The topological polar surface area (TPSA) is 83.7 Å². The highest BCUT2D eigenvalue weighted by Crippen LogP contribution is 2.47. The van der Waals surface area contributed by atoms with Crippen LogP contribution in [0.2, 0.25) is 0 Å². The molecule has 1 atom stereocenters. The summed E-state index contributed by atoms with van der Waals surface area (Å²) < 4.78 is 52.6. The minimum absolute atomic E-state index is 0.00136. The van der Waals surface area contributed by atoms with Gasteiger partial charge >= 0.3 is 0 Å². The number of amides is 1. The number of carbonyl (C=O) groups excluding carboxylic acids is 1. The van der Waals surface area contributed by atoms with E-state index in [0.29, 0.717) is 39.6 Å². The fourth-order valence-electron chi connectivity index (χ4n) is 6.35. The lowest BCUT2D eigenvalue weighted by molar-refractivity contribution is -0.130. The zero-order valence-corrected chi connectivity index (χ0v) is 26.7.